The number of nitrogens with two attached hydrogens (primary N) is 1. The normalized spacial score (nSPS) is 27.3. The third-order valence-corrected chi connectivity index (χ3v) is 9.86. The van der Waals surface area contributed by atoms with Gasteiger partial charge in [0.1, 0.15) is 24.1 Å². The largest absolute Gasteiger partial charge is 0.414 e. The van der Waals surface area contributed by atoms with Gasteiger partial charge in [-0.3, -0.25) is 4.57 Å². The molecule has 1 saturated heterocycles. The van der Waals surface area contributed by atoms with E-state index in [1.807, 2.05) is 0 Å². The van der Waals surface area contributed by atoms with E-state index < -0.39 is 32.9 Å². The van der Waals surface area contributed by atoms with Crippen molar-refractivity contribution in [1.29, 1.82) is 0 Å². The minimum Gasteiger partial charge on any atom is -0.414 e. The van der Waals surface area contributed by atoms with Crippen molar-refractivity contribution in [3.05, 3.63) is 12.7 Å². The van der Waals surface area contributed by atoms with E-state index in [4.69, 9.17) is 14.9 Å². The predicted molar refractivity (Wildman–Crippen MR) is 97.7 cm³/mol. The summed E-state index contributed by atoms with van der Waals surface area (Å²) in [5, 5.41) is 10.4. The van der Waals surface area contributed by atoms with Crippen molar-refractivity contribution in [2.75, 3.05) is 12.3 Å². The first kappa shape index (κ1) is 19.1. The molecule has 144 valence electrons. The second-order valence-electron chi connectivity index (χ2n) is 8.15. The van der Waals surface area contributed by atoms with Crippen LogP contribution in [0, 0.1) is 0 Å². The van der Waals surface area contributed by atoms with E-state index in [1.54, 1.807) is 0 Å². The number of rotatable bonds is 4. The lowest BCUT2D eigenvalue weighted by atomic mass is 10.1. The number of nitrogens with zero attached hydrogens (tertiary/aromatic N) is 4. The molecule has 0 spiro atoms. The summed E-state index contributed by atoms with van der Waals surface area (Å²) >= 11 is 0. The fraction of sp³-hybridized carbons (Fsp3) is 0.688. The molecule has 1 fully saturated rings. The number of fused-ring (bicyclic) bond motifs is 1. The molecule has 26 heavy (non-hydrogen) atoms. The summed E-state index contributed by atoms with van der Waals surface area (Å²) in [6.45, 7) is 10.6. The number of aromatic nitrogens is 4. The third-order valence-electron chi connectivity index (χ3n) is 5.36. The molecule has 0 aliphatic carbocycles. The summed E-state index contributed by atoms with van der Waals surface area (Å²) in [5.74, 6) is 0.218. The van der Waals surface area contributed by atoms with Gasteiger partial charge < -0.3 is 20.0 Å². The van der Waals surface area contributed by atoms with Crippen LogP contribution < -0.4 is 5.73 Å². The summed E-state index contributed by atoms with van der Waals surface area (Å²) < 4.78 is 28.0. The molecule has 0 saturated carbocycles. The molecular formula is C16H26FN5O3Si. The third kappa shape index (κ3) is 3.22. The Kier molecular flexibility index (Phi) is 4.80. The maximum Gasteiger partial charge on any atom is 0.192 e. The molecule has 8 nitrogen and oxygen atoms in total. The lowest BCUT2D eigenvalue weighted by molar-refractivity contribution is -0.0478. The number of nitrogen functional groups attached to an aromatic ring is 1. The number of alkyl halides is 1. The molecule has 2 aromatic heterocycles. The topological polar surface area (TPSA) is 108 Å². The second-order valence-corrected chi connectivity index (χ2v) is 13.0. The first-order valence-electron chi connectivity index (χ1n) is 8.57. The van der Waals surface area contributed by atoms with Gasteiger partial charge >= 0.3 is 0 Å². The van der Waals surface area contributed by atoms with Crippen LogP contribution in [0.25, 0.3) is 11.2 Å². The second kappa shape index (κ2) is 6.52. The summed E-state index contributed by atoms with van der Waals surface area (Å²) in [6, 6.07) is 0. The summed E-state index contributed by atoms with van der Waals surface area (Å²) in [7, 11) is -2.05. The molecule has 0 amide bonds. The van der Waals surface area contributed by atoms with Crippen molar-refractivity contribution < 1.29 is 18.7 Å². The molecule has 10 heteroatoms. The van der Waals surface area contributed by atoms with E-state index in [2.05, 4.69) is 48.8 Å². The zero-order valence-electron chi connectivity index (χ0n) is 15.7. The van der Waals surface area contributed by atoms with E-state index in [9.17, 15) is 9.50 Å². The minimum absolute atomic E-state index is 0.00439. The van der Waals surface area contributed by atoms with Crippen molar-refractivity contribution in [2.24, 2.45) is 0 Å². The van der Waals surface area contributed by atoms with Gasteiger partial charge in [0.05, 0.1) is 12.9 Å². The van der Waals surface area contributed by atoms with Gasteiger partial charge in [0.15, 0.2) is 32.2 Å². The molecule has 2 aromatic rings. The molecule has 0 aromatic carbocycles. The zero-order chi connectivity index (χ0) is 19.3. The summed E-state index contributed by atoms with van der Waals surface area (Å²) in [6.07, 6.45) is -2.01. The van der Waals surface area contributed by atoms with Crippen LogP contribution in [-0.4, -0.2) is 57.9 Å². The van der Waals surface area contributed by atoms with Crippen molar-refractivity contribution in [3.63, 3.8) is 0 Å². The monoisotopic (exact) mass is 383 g/mol. The number of halogens is 1. The van der Waals surface area contributed by atoms with Crippen molar-refractivity contribution in [2.45, 2.75) is 63.5 Å². The maximum absolute atomic E-state index is 14.6. The van der Waals surface area contributed by atoms with Crippen LogP contribution in [0.1, 0.15) is 27.0 Å². The molecule has 4 atom stereocenters. The van der Waals surface area contributed by atoms with Crippen LogP contribution in [0.4, 0.5) is 10.2 Å². The highest BCUT2D eigenvalue weighted by Crippen LogP contribution is 2.38. The van der Waals surface area contributed by atoms with Crippen LogP contribution in [-0.2, 0) is 9.16 Å². The number of aliphatic hydroxyl groups is 1. The Morgan fingerprint density at radius 2 is 2.04 bits per heavy atom. The number of hydrogen-bond donors (Lipinski definition) is 2. The van der Waals surface area contributed by atoms with Crippen LogP contribution in [0.15, 0.2) is 12.7 Å². The standard InChI is InChI=1S/C16H26FN5O3Si/c1-16(2,3)26(4,5)24-6-9-10(17)12(23)15(25-9)22-8-21-11-13(18)19-7-20-14(11)22/h7-10,12,15,23H,6H2,1-5H3,(H2,18,19,20)/t9-,10+,12-,15-/m1/s1. The highest BCUT2D eigenvalue weighted by Gasteiger charge is 2.47. The van der Waals surface area contributed by atoms with Gasteiger partial charge in [-0.1, -0.05) is 20.8 Å². The molecule has 0 bridgehead atoms. The van der Waals surface area contributed by atoms with Gasteiger partial charge in [0, 0.05) is 0 Å². The Hall–Kier alpha value is -1.62. The fourth-order valence-electron chi connectivity index (χ4n) is 2.64. The molecule has 1 aliphatic heterocycles. The Morgan fingerprint density at radius 3 is 2.69 bits per heavy atom. The lowest BCUT2D eigenvalue weighted by Crippen LogP contribution is -2.44. The first-order chi connectivity index (χ1) is 12.0. The first-order valence-corrected chi connectivity index (χ1v) is 11.5. The van der Waals surface area contributed by atoms with Gasteiger partial charge in [-0.05, 0) is 18.1 Å². The number of aliphatic hydroxyl groups excluding tert-OH is 1. The van der Waals surface area contributed by atoms with Gasteiger partial charge in [0.25, 0.3) is 0 Å². The Labute approximate surface area is 152 Å². The number of anilines is 1. The average Bonchev–Trinajstić information content (AvgIpc) is 3.08. The number of ether oxygens (including phenoxy) is 1. The SMILES string of the molecule is CC(C)(C)[Si](C)(C)OC[C@H]1O[C@@H](n2cnc3c(N)ncnc32)[C@H](O)[C@H]1F. The maximum atomic E-state index is 14.6. The Balaban J connectivity index is 1.78. The number of imidazole rings is 1. The van der Waals surface area contributed by atoms with Crippen LogP contribution >= 0.6 is 0 Å². The highest BCUT2D eigenvalue weighted by molar-refractivity contribution is 6.74. The van der Waals surface area contributed by atoms with Crippen LogP contribution in [0.2, 0.25) is 18.1 Å². The van der Waals surface area contributed by atoms with E-state index >= 15 is 0 Å². The van der Waals surface area contributed by atoms with E-state index in [1.165, 1.54) is 17.2 Å². The van der Waals surface area contributed by atoms with E-state index in [0.717, 1.165) is 0 Å². The molecule has 0 radical (unpaired) electrons. The Morgan fingerprint density at radius 1 is 1.35 bits per heavy atom. The fourth-order valence-corrected chi connectivity index (χ4v) is 3.65. The van der Waals surface area contributed by atoms with Gasteiger partial charge in [0.2, 0.25) is 0 Å². The predicted octanol–water partition coefficient (Wildman–Crippen LogP) is 2.03. The molecule has 3 heterocycles. The van der Waals surface area contributed by atoms with Crippen LogP contribution in [0.5, 0.6) is 0 Å². The Bertz CT molecular complexity index is 794. The summed E-state index contributed by atoms with van der Waals surface area (Å²) in [4.78, 5) is 12.1. The molecule has 0 unspecified atom stereocenters. The van der Waals surface area contributed by atoms with Gasteiger partial charge in [-0.2, -0.15) is 0 Å². The quantitative estimate of drug-likeness (QED) is 0.778. The average molecular weight is 384 g/mol. The lowest BCUT2D eigenvalue weighted by Gasteiger charge is -2.37. The smallest absolute Gasteiger partial charge is 0.192 e. The van der Waals surface area contributed by atoms with Gasteiger partial charge in [-0.25, -0.2) is 19.3 Å². The van der Waals surface area contributed by atoms with Gasteiger partial charge in [-0.15, -0.1) is 0 Å². The van der Waals surface area contributed by atoms with Crippen molar-refractivity contribution >= 4 is 25.3 Å². The highest BCUT2D eigenvalue weighted by atomic mass is 28.4. The molecular weight excluding hydrogens is 357 g/mol. The van der Waals surface area contributed by atoms with Crippen molar-refractivity contribution in [3.8, 4) is 0 Å². The van der Waals surface area contributed by atoms with Crippen molar-refractivity contribution in [1.82, 2.24) is 19.5 Å². The molecule has 3 rings (SSSR count). The van der Waals surface area contributed by atoms with Crippen LogP contribution in [0.3, 0.4) is 0 Å². The minimum atomic E-state index is -2.05. The molecule has 3 N–H and O–H groups in total. The van der Waals surface area contributed by atoms with E-state index in [0.29, 0.717) is 11.2 Å². The summed E-state index contributed by atoms with van der Waals surface area (Å²) in [5.41, 5.74) is 6.55. The molecule has 1 aliphatic rings. The van der Waals surface area contributed by atoms with E-state index in [-0.39, 0.29) is 17.5 Å². The number of hydrogen-bond acceptors (Lipinski definition) is 7. The zero-order valence-corrected chi connectivity index (χ0v) is 16.7.